The first-order valence-electron chi connectivity index (χ1n) is 8.62. The first-order chi connectivity index (χ1) is 12.7. The lowest BCUT2D eigenvalue weighted by atomic mass is 10.1. The monoisotopic (exact) mass is 369 g/mol. The molecule has 2 aromatic heterocycles. The molecule has 4 rings (SSSR count). The molecule has 2 amide bonds. The van der Waals surface area contributed by atoms with Crippen LogP contribution in [0.15, 0.2) is 40.9 Å². The number of rotatable bonds is 4. The van der Waals surface area contributed by atoms with Crippen molar-refractivity contribution in [3.8, 4) is 0 Å². The second-order valence-electron chi connectivity index (χ2n) is 6.33. The summed E-state index contributed by atoms with van der Waals surface area (Å²) >= 11 is 1.45. The van der Waals surface area contributed by atoms with Crippen molar-refractivity contribution in [2.45, 2.75) is 25.3 Å². The predicted molar refractivity (Wildman–Crippen MR) is 99.1 cm³/mol. The molecule has 1 atom stereocenters. The fourth-order valence-corrected chi connectivity index (χ4v) is 4.55. The van der Waals surface area contributed by atoms with Crippen LogP contribution in [0.1, 0.15) is 39.1 Å². The molecule has 0 radical (unpaired) electrons. The smallest absolute Gasteiger partial charge is 0.261 e. The van der Waals surface area contributed by atoms with E-state index in [0.717, 1.165) is 29.6 Å². The lowest BCUT2D eigenvalue weighted by Crippen LogP contribution is -2.31. The van der Waals surface area contributed by atoms with Gasteiger partial charge in [-0.3, -0.25) is 9.59 Å². The van der Waals surface area contributed by atoms with E-state index in [1.54, 1.807) is 7.05 Å². The van der Waals surface area contributed by atoms with Crippen molar-refractivity contribution in [2.75, 3.05) is 13.6 Å². The Labute approximate surface area is 154 Å². The average molecular weight is 369 g/mol. The van der Waals surface area contributed by atoms with E-state index >= 15 is 0 Å². The van der Waals surface area contributed by atoms with Crippen LogP contribution in [0.2, 0.25) is 0 Å². The number of fused-ring (bicyclic) bond motifs is 1. The SMILES string of the molecule is CNC(=O)c1ccc([C@H]2CCCN2C(=O)Cc2noc3ccccc23)s1. The summed E-state index contributed by atoms with van der Waals surface area (Å²) in [4.78, 5) is 28.3. The number of carbonyl (C=O) groups excluding carboxylic acids is 2. The van der Waals surface area contributed by atoms with Crippen molar-refractivity contribution in [3.05, 3.63) is 51.8 Å². The minimum Gasteiger partial charge on any atom is -0.356 e. The van der Waals surface area contributed by atoms with Crippen molar-refractivity contribution in [2.24, 2.45) is 0 Å². The average Bonchev–Trinajstić information content (AvgIpc) is 3.40. The molecule has 0 unspecified atom stereocenters. The van der Waals surface area contributed by atoms with E-state index in [0.29, 0.717) is 16.2 Å². The van der Waals surface area contributed by atoms with Gasteiger partial charge in [0.25, 0.3) is 5.91 Å². The maximum absolute atomic E-state index is 12.9. The maximum Gasteiger partial charge on any atom is 0.261 e. The number of carbonyl (C=O) groups is 2. The van der Waals surface area contributed by atoms with Crippen molar-refractivity contribution in [1.82, 2.24) is 15.4 Å². The van der Waals surface area contributed by atoms with Crippen LogP contribution in [0.5, 0.6) is 0 Å². The standard InChI is InChI=1S/C19H19N3O3S/c1-20-19(24)17-9-8-16(26-17)14-6-4-10-22(14)18(23)11-13-12-5-2-3-7-15(12)25-21-13/h2-3,5,7-9,14H,4,6,10-11H2,1H3,(H,20,24)/t14-/m1/s1. The zero-order valence-electron chi connectivity index (χ0n) is 14.4. The Morgan fingerprint density at radius 2 is 2.15 bits per heavy atom. The van der Waals surface area contributed by atoms with Gasteiger partial charge in [-0.1, -0.05) is 17.3 Å². The third-order valence-electron chi connectivity index (χ3n) is 4.75. The molecule has 0 saturated carbocycles. The summed E-state index contributed by atoms with van der Waals surface area (Å²) in [6.45, 7) is 0.729. The Hall–Kier alpha value is -2.67. The Kier molecular flexibility index (Phi) is 4.46. The van der Waals surface area contributed by atoms with E-state index in [9.17, 15) is 9.59 Å². The quantitative estimate of drug-likeness (QED) is 0.766. The summed E-state index contributed by atoms with van der Waals surface area (Å²) in [5, 5.41) is 7.59. The van der Waals surface area contributed by atoms with Crippen LogP contribution in [0, 0.1) is 0 Å². The van der Waals surface area contributed by atoms with Gasteiger partial charge in [-0.05, 0) is 37.1 Å². The van der Waals surface area contributed by atoms with E-state index in [4.69, 9.17) is 4.52 Å². The Bertz CT molecular complexity index is 962. The van der Waals surface area contributed by atoms with Crippen LogP contribution in [-0.4, -0.2) is 35.5 Å². The van der Waals surface area contributed by atoms with Crippen LogP contribution < -0.4 is 5.32 Å². The van der Waals surface area contributed by atoms with Crippen molar-refractivity contribution >= 4 is 34.1 Å². The number of thiophene rings is 1. The topological polar surface area (TPSA) is 75.4 Å². The molecule has 1 saturated heterocycles. The number of amides is 2. The second kappa shape index (κ2) is 6.92. The molecule has 3 heterocycles. The highest BCUT2D eigenvalue weighted by atomic mass is 32.1. The molecule has 0 spiro atoms. The molecule has 1 N–H and O–H groups in total. The number of nitrogens with zero attached hydrogens (tertiary/aromatic N) is 2. The minimum absolute atomic E-state index is 0.0315. The van der Waals surface area contributed by atoms with Gasteiger partial charge in [0.1, 0.15) is 5.69 Å². The first-order valence-corrected chi connectivity index (χ1v) is 9.43. The van der Waals surface area contributed by atoms with E-state index in [1.165, 1.54) is 11.3 Å². The number of hydrogen-bond acceptors (Lipinski definition) is 5. The third-order valence-corrected chi connectivity index (χ3v) is 5.94. The number of benzene rings is 1. The van der Waals surface area contributed by atoms with Crippen molar-refractivity contribution < 1.29 is 14.1 Å². The third kappa shape index (κ3) is 2.99. The Morgan fingerprint density at radius 3 is 3.00 bits per heavy atom. The molecule has 3 aromatic rings. The van der Waals surface area contributed by atoms with Gasteiger partial charge < -0.3 is 14.7 Å². The lowest BCUT2D eigenvalue weighted by molar-refractivity contribution is -0.131. The van der Waals surface area contributed by atoms with Crippen LogP contribution >= 0.6 is 11.3 Å². The van der Waals surface area contributed by atoms with Gasteiger partial charge >= 0.3 is 0 Å². The van der Waals surface area contributed by atoms with E-state index in [-0.39, 0.29) is 24.3 Å². The number of likely N-dealkylation sites (tertiary alicyclic amines) is 1. The molecule has 134 valence electrons. The van der Waals surface area contributed by atoms with Crippen LogP contribution in [-0.2, 0) is 11.2 Å². The molecule has 1 aliphatic rings. The van der Waals surface area contributed by atoms with Gasteiger partial charge in [0.05, 0.1) is 17.3 Å². The molecule has 6 nitrogen and oxygen atoms in total. The summed E-state index contributed by atoms with van der Waals surface area (Å²) in [6, 6.07) is 11.4. The van der Waals surface area contributed by atoms with Crippen LogP contribution in [0.25, 0.3) is 11.0 Å². The van der Waals surface area contributed by atoms with Gasteiger partial charge in [-0.2, -0.15) is 0 Å². The minimum atomic E-state index is -0.0915. The molecule has 0 bridgehead atoms. The summed E-state index contributed by atoms with van der Waals surface area (Å²) in [5.74, 6) is -0.0485. The second-order valence-corrected chi connectivity index (χ2v) is 7.44. The zero-order chi connectivity index (χ0) is 18.1. The largest absolute Gasteiger partial charge is 0.356 e. The van der Waals surface area contributed by atoms with Gasteiger partial charge in [0.15, 0.2) is 5.58 Å². The number of nitrogens with one attached hydrogen (secondary N) is 1. The van der Waals surface area contributed by atoms with Gasteiger partial charge in [-0.15, -0.1) is 11.3 Å². The zero-order valence-corrected chi connectivity index (χ0v) is 15.2. The maximum atomic E-state index is 12.9. The molecule has 1 aliphatic heterocycles. The van der Waals surface area contributed by atoms with Crippen LogP contribution in [0.3, 0.4) is 0 Å². The highest BCUT2D eigenvalue weighted by Crippen LogP contribution is 2.36. The van der Waals surface area contributed by atoms with E-state index in [1.807, 2.05) is 41.3 Å². The lowest BCUT2D eigenvalue weighted by Gasteiger charge is -2.23. The summed E-state index contributed by atoms with van der Waals surface area (Å²) in [6.07, 6.45) is 2.10. The van der Waals surface area contributed by atoms with Crippen molar-refractivity contribution in [3.63, 3.8) is 0 Å². The van der Waals surface area contributed by atoms with Gasteiger partial charge in [0.2, 0.25) is 5.91 Å². The first kappa shape index (κ1) is 16.8. The molecule has 0 aliphatic carbocycles. The van der Waals surface area contributed by atoms with Crippen LogP contribution in [0.4, 0.5) is 0 Å². The van der Waals surface area contributed by atoms with Gasteiger partial charge in [-0.25, -0.2) is 0 Å². The highest BCUT2D eigenvalue weighted by molar-refractivity contribution is 7.14. The fourth-order valence-electron chi connectivity index (χ4n) is 3.45. The number of para-hydroxylation sites is 1. The van der Waals surface area contributed by atoms with E-state index < -0.39 is 0 Å². The number of hydrogen-bond donors (Lipinski definition) is 1. The molecule has 1 aromatic carbocycles. The molecular weight excluding hydrogens is 350 g/mol. The predicted octanol–water partition coefficient (Wildman–Crippen LogP) is 3.16. The summed E-state index contributed by atoms with van der Waals surface area (Å²) in [5.41, 5.74) is 1.37. The highest BCUT2D eigenvalue weighted by Gasteiger charge is 2.32. The Morgan fingerprint density at radius 1 is 1.31 bits per heavy atom. The molecule has 26 heavy (non-hydrogen) atoms. The fraction of sp³-hybridized carbons (Fsp3) is 0.316. The number of aromatic nitrogens is 1. The molecular formula is C19H19N3O3S. The van der Waals surface area contributed by atoms with Gasteiger partial charge in [0, 0.05) is 23.9 Å². The summed E-state index contributed by atoms with van der Waals surface area (Å²) < 4.78 is 5.30. The Balaban J connectivity index is 1.53. The van der Waals surface area contributed by atoms with Crippen molar-refractivity contribution in [1.29, 1.82) is 0 Å². The summed E-state index contributed by atoms with van der Waals surface area (Å²) in [7, 11) is 1.62. The van der Waals surface area contributed by atoms with E-state index in [2.05, 4.69) is 10.5 Å². The normalized spacial score (nSPS) is 17.0. The molecule has 1 fully saturated rings. The molecule has 7 heteroatoms.